The first-order chi connectivity index (χ1) is 21.5. The molecule has 3 aliphatic rings. The van der Waals surface area contributed by atoms with E-state index in [0.717, 1.165) is 37.8 Å². The van der Waals surface area contributed by atoms with E-state index in [0.29, 0.717) is 34.0 Å². The molecule has 2 unspecified atom stereocenters. The molecule has 7 rings (SSSR count). The number of amides is 1. The van der Waals surface area contributed by atoms with Crippen LogP contribution in [0.15, 0.2) is 40.9 Å². The number of carboxylic acid groups (broad SMARTS) is 1. The quantitative estimate of drug-likeness (QED) is 0.146. The maximum atomic E-state index is 14.9. The van der Waals surface area contributed by atoms with Gasteiger partial charge in [0.05, 0.1) is 23.0 Å². The van der Waals surface area contributed by atoms with Gasteiger partial charge in [-0.3, -0.25) is 9.59 Å². The lowest BCUT2D eigenvalue weighted by atomic mass is 9.98. The van der Waals surface area contributed by atoms with Crippen molar-refractivity contribution in [1.82, 2.24) is 10.1 Å². The van der Waals surface area contributed by atoms with E-state index in [-0.39, 0.29) is 53.2 Å². The Hall–Kier alpha value is -4.04. The van der Waals surface area contributed by atoms with Gasteiger partial charge < -0.3 is 24.6 Å². The fourth-order valence-electron chi connectivity index (χ4n) is 6.55. The van der Waals surface area contributed by atoms with Crippen LogP contribution < -0.4 is 10.2 Å². The summed E-state index contributed by atoms with van der Waals surface area (Å²) in [5.74, 6) is -1.93. The minimum atomic E-state index is -4.54. The number of ether oxygens (including phenoxy) is 1. The highest BCUT2D eigenvalue weighted by atomic mass is 32.1. The summed E-state index contributed by atoms with van der Waals surface area (Å²) in [5.41, 5.74) is 0.276. The SMILES string of the molecule is O=C(O)CC(=O)Nc1cc(F)c2nc(N3C4CCC3CC(OCc3c(-c5ccccc5C(F)(F)F)noc3C3CC3)C4)sc2c1. The fraction of sp³-hybridized carbons (Fsp3) is 0.419. The number of aromatic nitrogens is 2. The molecule has 0 radical (unpaired) electrons. The topological polar surface area (TPSA) is 118 Å². The molecule has 45 heavy (non-hydrogen) atoms. The number of nitrogens with one attached hydrogen (secondary N) is 1. The number of carbonyl (C=O) groups is 2. The summed E-state index contributed by atoms with van der Waals surface area (Å²) in [6.45, 7) is 0.0870. The number of nitrogens with zero attached hydrogens (tertiary/aromatic N) is 3. The van der Waals surface area contributed by atoms with E-state index in [1.807, 2.05) is 0 Å². The number of hydrogen-bond acceptors (Lipinski definition) is 8. The van der Waals surface area contributed by atoms with Crippen molar-refractivity contribution in [3.63, 3.8) is 0 Å². The number of aliphatic carboxylic acids is 1. The Morgan fingerprint density at radius 2 is 1.84 bits per heavy atom. The smallest absolute Gasteiger partial charge is 0.417 e. The molecular weight excluding hydrogens is 616 g/mol. The summed E-state index contributed by atoms with van der Waals surface area (Å²) in [6.07, 6.45) is -0.502. The summed E-state index contributed by atoms with van der Waals surface area (Å²) in [7, 11) is 0. The number of carbonyl (C=O) groups excluding carboxylic acids is 1. The van der Waals surface area contributed by atoms with Gasteiger partial charge in [0.25, 0.3) is 0 Å². The molecule has 3 fully saturated rings. The lowest BCUT2D eigenvalue weighted by Crippen LogP contribution is -2.45. The highest BCUT2D eigenvalue weighted by molar-refractivity contribution is 7.22. The Kier molecular flexibility index (Phi) is 7.51. The number of piperidine rings is 1. The Bertz CT molecular complexity index is 1770. The Balaban J connectivity index is 1.08. The van der Waals surface area contributed by atoms with Crippen molar-refractivity contribution in [3.05, 3.63) is 59.1 Å². The molecular formula is C31H28F4N4O5S. The van der Waals surface area contributed by atoms with Gasteiger partial charge in [-0.2, -0.15) is 13.2 Å². The largest absolute Gasteiger partial charge is 0.481 e. The van der Waals surface area contributed by atoms with Gasteiger partial charge >= 0.3 is 12.1 Å². The predicted octanol–water partition coefficient (Wildman–Crippen LogP) is 7.12. The first kappa shape index (κ1) is 29.7. The minimum absolute atomic E-state index is 0.0261. The molecule has 4 aromatic rings. The maximum absolute atomic E-state index is 14.9. The third-order valence-electron chi connectivity index (χ3n) is 8.66. The van der Waals surface area contributed by atoms with E-state index in [9.17, 15) is 27.2 Å². The van der Waals surface area contributed by atoms with Gasteiger partial charge in [-0.1, -0.05) is 34.7 Å². The van der Waals surface area contributed by atoms with E-state index in [4.69, 9.17) is 14.4 Å². The number of alkyl halides is 3. The number of carboxylic acids is 1. The summed E-state index contributed by atoms with van der Waals surface area (Å²) < 4.78 is 69.0. The zero-order chi connectivity index (χ0) is 31.5. The van der Waals surface area contributed by atoms with Crippen LogP contribution in [0.2, 0.25) is 0 Å². The van der Waals surface area contributed by atoms with Crippen LogP contribution in [0.3, 0.4) is 0 Å². The van der Waals surface area contributed by atoms with Crippen LogP contribution in [0.4, 0.5) is 28.4 Å². The zero-order valence-electron chi connectivity index (χ0n) is 23.8. The van der Waals surface area contributed by atoms with E-state index in [2.05, 4.69) is 20.4 Å². The fourth-order valence-corrected chi connectivity index (χ4v) is 7.72. The standard InChI is InChI=1S/C31H28F4N4O5S/c32-23-9-16(36-25(40)13-26(41)42)10-24-28(23)37-30(45-24)39-17-7-8-18(39)12-19(11-17)43-14-21-27(38-44-29(21)15-5-6-15)20-3-1-2-4-22(20)31(33,34)35/h1-4,9-10,15,17-19H,5-8,11-14H2,(H,36,40)(H,41,42). The molecule has 1 amide bonds. The minimum Gasteiger partial charge on any atom is -0.481 e. The molecule has 1 saturated carbocycles. The highest BCUT2D eigenvalue weighted by Crippen LogP contribution is 2.47. The van der Waals surface area contributed by atoms with Gasteiger partial charge in [-0.15, -0.1) is 0 Å². The molecule has 2 N–H and O–H groups in total. The first-order valence-corrected chi connectivity index (χ1v) is 15.5. The number of thiazole rings is 1. The van der Waals surface area contributed by atoms with Crippen LogP contribution in [-0.4, -0.2) is 45.3 Å². The van der Waals surface area contributed by atoms with Gasteiger partial charge in [0.2, 0.25) is 5.91 Å². The Morgan fingerprint density at radius 3 is 2.53 bits per heavy atom. The van der Waals surface area contributed by atoms with Crippen molar-refractivity contribution in [2.45, 2.75) is 81.8 Å². The van der Waals surface area contributed by atoms with Crippen LogP contribution in [0, 0.1) is 5.82 Å². The summed E-state index contributed by atoms with van der Waals surface area (Å²) in [4.78, 5) is 29.5. The molecule has 9 nitrogen and oxygen atoms in total. The molecule has 2 atom stereocenters. The second-order valence-electron chi connectivity index (χ2n) is 11.8. The molecule has 4 heterocycles. The molecule has 2 aromatic heterocycles. The van der Waals surface area contributed by atoms with Gasteiger partial charge in [0.15, 0.2) is 10.9 Å². The second-order valence-corrected chi connectivity index (χ2v) is 12.8. The Labute approximate surface area is 258 Å². The third kappa shape index (κ3) is 5.88. The molecule has 14 heteroatoms. The van der Waals surface area contributed by atoms with E-state index in [1.165, 1.54) is 23.5 Å². The molecule has 0 spiro atoms. The van der Waals surface area contributed by atoms with Crippen LogP contribution in [0.1, 0.15) is 67.8 Å². The van der Waals surface area contributed by atoms with Gasteiger partial charge in [0.1, 0.15) is 23.4 Å². The molecule has 2 bridgehead atoms. The summed E-state index contributed by atoms with van der Waals surface area (Å²) in [5, 5.41) is 16.0. The molecule has 2 saturated heterocycles. The molecule has 2 aromatic carbocycles. The Morgan fingerprint density at radius 1 is 1.11 bits per heavy atom. The van der Waals surface area contributed by atoms with Crippen LogP contribution in [0.25, 0.3) is 21.5 Å². The second kappa shape index (κ2) is 11.4. The average Bonchev–Trinajstić information content (AvgIpc) is 3.49. The molecule has 1 aliphatic carbocycles. The van der Waals surface area contributed by atoms with Crippen LogP contribution >= 0.6 is 11.3 Å². The van der Waals surface area contributed by atoms with E-state index < -0.39 is 35.9 Å². The highest BCUT2D eigenvalue weighted by Gasteiger charge is 2.43. The van der Waals surface area contributed by atoms with Gasteiger partial charge in [-0.05, 0) is 56.7 Å². The molecule has 236 valence electrons. The first-order valence-electron chi connectivity index (χ1n) is 14.7. The van der Waals surface area contributed by atoms with E-state index in [1.54, 1.807) is 12.1 Å². The van der Waals surface area contributed by atoms with E-state index >= 15 is 0 Å². The number of fused-ring (bicyclic) bond motifs is 3. The lowest BCUT2D eigenvalue weighted by Gasteiger charge is -2.38. The number of halogens is 4. The van der Waals surface area contributed by atoms with Crippen molar-refractivity contribution >= 4 is 44.2 Å². The van der Waals surface area contributed by atoms with Crippen LogP contribution in [0.5, 0.6) is 0 Å². The van der Waals surface area contributed by atoms with Gasteiger partial charge in [-0.25, -0.2) is 9.37 Å². The molecule has 2 aliphatic heterocycles. The normalized spacial score (nSPS) is 21.4. The zero-order valence-corrected chi connectivity index (χ0v) is 24.6. The van der Waals surface area contributed by atoms with Crippen molar-refractivity contribution in [3.8, 4) is 11.3 Å². The monoisotopic (exact) mass is 644 g/mol. The number of rotatable bonds is 9. The number of benzene rings is 2. The van der Waals surface area contributed by atoms with Gasteiger partial charge in [0, 0.05) is 34.8 Å². The third-order valence-corrected chi connectivity index (χ3v) is 9.68. The summed E-state index contributed by atoms with van der Waals surface area (Å²) in [6, 6.07) is 8.25. The lowest BCUT2D eigenvalue weighted by molar-refractivity contribution is -0.140. The number of anilines is 2. The number of hydrogen-bond donors (Lipinski definition) is 2. The van der Waals surface area contributed by atoms with Crippen molar-refractivity contribution in [1.29, 1.82) is 0 Å². The van der Waals surface area contributed by atoms with Crippen molar-refractivity contribution < 1.29 is 41.5 Å². The van der Waals surface area contributed by atoms with Crippen LogP contribution in [-0.2, 0) is 27.1 Å². The summed E-state index contributed by atoms with van der Waals surface area (Å²) >= 11 is 1.30. The van der Waals surface area contributed by atoms with Crippen molar-refractivity contribution in [2.24, 2.45) is 0 Å². The average molecular weight is 645 g/mol. The van der Waals surface area contributed by atoms with Crippen molar-refractivity contribution in [2.75, 3.05) is 10.2 Å². The maximum Gasteiger partial charge on any atom is 0.417 e. The predicted molar refractivity (Wildman–Crippen MR) is 156 cm³/mol.